The first-order chi connectivity index (χ1) is 24.1. The summed E-state index contributed by atoms with van der Waals surface area (Å²) in [5, 5.41) is 10.5. The molecule has 49 heavy (non-hydrogen) atoms. The zero-order valence-electron chi connectivity index (χ0n) is 28.5. The lowest BCUT2D eigenvalue weighted by atomic mass is 9.81. The summed E-state index contributed by atoms with van der Waals surface area (Å²) in [7, 11) is 0. The van der Waals surface area contributed by atoms with Crippen molar-refractivity contribution in [3.8, 4) is 22.3 Å². The number of fused-ring (bicyclic) bond motifs is 7. The second-order valence-corrected chi connectivity index (χ2v) is 14.1. The van der Waals surface area contributed by atoms with Gasteiger partial charge in [0.15, 0.2) is 0 Å². The topological polar surface area (TPSA) is 0 Å². The van der Waals surface area contributed by atoms with E-state index in [2.05, 4.69) is 179 Å². The SMILES string of the molecule is CCC(C)c1c(-c2ccc3c(ccc4cc(C5=CC6C=CC=CC6C=C5)ccc43)c2)cccc1-c1cccc2c1c(C)cc1ccccc12. The second-order valence-electron chi connectivity index (χ2n) is 14.1. The maximum absolute atomic E-state index is 2.42. The molecule has 3 atom stereocenters. The van der Waals surface area contributed by atoms with E-state index >= 15 is 0 Å². The van der Waals surface area contributed by atoms with Crippen LogP contribution in [0.2, 0.25) is 0 Å². The number of allylic oxidation sites excluding steroid dienone is 8. The van der Waals surface area contributed by atoms with Gasteiger partial charge in [0, 0.05) is 11.8 Å². The molecule has 0 saturated carbocycles. The van der Waals surface area contributed by atoms with Crippen LogP contribution in [0.25, 0.3) is 70.9 Å². The maximum Gasteiger partial charge on any atom is 0.00567 e. The van der Waals surface area contributed by atoms with Gasteiger partial charge in [0.25, 0.3) is 0 Å². The molecule has 0 N–H and O–H groups in total. The van der Waals surface area contributed by atoms with Crippen molar-refractivity contribution in [1.82, 2.24) is 0 Å². The minimum atomic E-state index is 0.409. The Morgan fingerprint density at radius 1 is 0.551 bits per heavy atom. The lowest BCUT2D eigenvalue weighted by Gasteiger charge is -2.23. The zero-order valence-corrected chi connectivity index (χ0v) is 28.5. The first kappa shape index (κ1) is 29.7. The third kappa shape index (κ3) is 4.98. The third-order valence-electron chi connectivity index (χ3n) is 11.2. The highest BCUT2D eigenvalue weighted by Crippen LogP contribution is 2.44. The van der Waals surface area contributed by atoms with Crippen LogP contribution < -0.4 is 0 Å². The van der Waals surface area contributed by atoms with Crippen LogP contribution in [0.4, 0.5) is 0 Å². The van der Waals surface area contributed by atoms with Crippen LogP contribution in [-0.4, -0.2) is 0 Å². The Morgan fingerprint density at radius 2 is 1.18 bits per heavy atom. The minimum absolute atomic E-state index is 0.409. The van der Waals surface area contributed by atoms with Crippen molar-refractivity contribution in [2.45, 2.75) is 33.1 Å². The molecule has 0 saturated heterocycles. The predicted octanol–water partition coefficient (Wildman–Crippen LogP) is 13.8. The van der Waals surface area contributed by atoms with Crippen molar-refractivity contribution < 1.29 is 0 Å². The molecule has 0 heteroatoms. The Labute approximate surface area is 289 Å². The number of aryl methyl sites for hydroxylation is 1. The van der Waals surface area contributed by atoms with Crippen LogP contribution in [-0.2, 0) is 0 Å². The fourth-order valence-corrected chi connectivity index (χ4v) is 8.48. The van der Waals surface area contributed by atoms with Crippen LogP contribution in [0.3, 0.4) is 0 Å². The Hall–Kier alpha value is -5.46. The monoisotopic (exact) mass is 628 g/mol. The van der Waals surface area contributed by atoms with Gasteiger partial charge in [-0.15, -0.1) is 0 Å². The van der Waals surface area contributed by atoms with E-state index in [0.29, 0.717) is 17.8 Å². The standard InChI is InChI=1S/C49H40/c1-4-31(2)48-44(15-9-17-46(48)47-18-10-16-45-41-14-8-7-13-37(41)27-32(3)49(45)47)40-24-26-43-39(30-40)22-21-38-29-36(23-25-42(38)43)35-20-19-33-11-5-6-12-34(33)28-35/h5-31,33-34H,4H2,1-3H3. The third-order valence-corrected chi connectivity index (χ3v) is 11.2. The van der Waals surface area contributed by atoms with Gasteiger partial charge in [-0.2, -0.15) is 0 Å². The van der Waals surface area contributed by atoms with Gasteiger partial charge in [-0.25, -0.2) is 0 Å². The molecule has 2 aliphatic rings. The molecule has 0 spiro atoms. The quantitative estimate of drug-likeness (QED) is 0.166. The first-order valence-corrected chi connectivity index (χ1v) is 17.8. The summed E-state index contributed by atoms with van der Waals surface area (Å²) in [6.45, 7) is 6.97. The van der Waals surface area contributed by atoms with E-state index in [1.54, 1.807) is 0 Å². The molecule has 0 amide bonds. The lowest BCUT2D eigenvalue weighted by molar-refractivity contribution is 0.663. The van der Waals surface area contributed by atoms with Crippen LogP contribution in [0.5, 0.6) is 0 Å². The number of hydrogen-bond acceptors (Lipinski definition) is 0. The van der Waals surface area contributed by atoms with E-state index in [1.807, 2.05) is 0 Å². The Bertz CT molecular complexity index is 2570. The van der Waals surface area contributed by atoms with Gasteiger partial charge in [-0.05, 0) is 119 Å². The molecule has 0 heterocycles. The summed E-state index contributed by atoms with van der Waals surface area (Å²) in [4.78, 5) is 0. The smallest absolute Gasteiger partial charge is 0.00567 e. The predicted molar refractivity (Wildman–Crippen MR) is 213 cm³/mol. The normalized spacial score (nSPS) is 17.6. The summed E-state index contributed by atoms with van der Waals surface area (Å²) in [5.74, 6) is 1.33. The molecule has 7 aromatic rings. The van der Waals surface area contributed by atoms with Crippen molar-refractivity contribution in [3.05, 3.63) is 174 Å². The molecule has 0 aromatic heterocycles. The van der Waals surface area contributed by atoms with Crippen LogP contribution in [0.1, 0.15) is 42.9 Å². The summed E-state index contributed by atoms with van der Waals surface area (Å²) in [6, 6.07) is 43.6. The van der Waals surface area contributed by atoms with Crippen LogP contribution in [0.15, 0.2) is 158 Å². The van der Waals surface area contributed by atoms with Crippen molar-refractivity contribution in [2.75, 3.05) is 0 Å². The van der Waals surface area contributed by atoms with Crippen LogP contribution >= 0.6 is 0 Å². The molecule has 236 valence electrons. The molecule has 0 nitrogen and oxygen atoms in total. The molecular weight excluding hydrogens is 589 g/mol. The zero-order chi connectivity index (χ0) is 33.1. The largest absolute Gasteiger partial charge is 0.0767 e. The summed E-state index contributed by atoms with van der Waals surface area (Å²) in [5.41, 5.74) is 10.7. The Balaban J connectivity index is 1.16. The molecule has 3 unspecified atom stereocenters. The van der Waals surface area contributed by atoms with Gasteiger partial charge in [0.1, 0.15) is 0 Å². The molecule has 0 bridgehead atoms. The minimum Gasteiger partial charge on any atom is -0.0767 e. The van der Waals surface area contributed by atoms with Gasteiger partial charge in [-0.1, -0.05) is 160 Å². The molecule has 0 aliphatic heterocycles. The molecule has 2 aliphatic carbocycles. The Morgan fingerprint density at radius 3 is 2.00 bits per heavy atom. The highest BCUT2D eigenvalue weighted by atomic mass is 14.2. The molecule has 0 radical (unpaired) electrons. The fourth-order valence-electron chi connectivity index (χ4n) is 8.48. The lowest BCUT2D eigenvalue weighted by Crippen LogP contribution is -2.11. The van der Waals surface area contributed by atoms with Crippen molar-refractivity contribution in [1.29, 1.82) is 0 Å². The van der Waals surface area contributed by atoms with E-state index in [-0.39, 0.29) is 0 Å². The van der Waals surface area contributed by atoms with Gasteiger partial charge in [0.2, 0.25) is 0 Å². The Kier molecular flexibility index (Phi) is 7.20. The first-order valence-electron chi connectivity index (χ1n) is 17.8. The highest BCUT2D eigenvalue weighted by Gasteiger charge is 2.21. The summed E-state index contributed by atoms with van der Waals surface area (Å²) >= 11 is 0. The van der Waals surface area contributed by atoms with E-state index in [4.69, 9.17) is 0 Å². The van der Waals surface area contributed by atoms with Crippen LogP contribution in [0, 0.1) is 18.8 Å². The van der Waals surface area contributed by atoms with Crippen molar-refractivity contribution >= 4 is 48.7 Å². The second kappa shape index (κ2) is 11.9. The summed E-state index contributed by atoms with van der Waals surface area (Å²) in [6.07, 6.45) is 17.1. The van der Waals surface area contributed by atoms with Gasteiger partial charge < -0.3 is 0 Å². The number of rotatable bonds is 5. The maximum atomic E-state index is 2.42. The average molecular weight is 629 g/mol. The molecule has 7 aromatic carbocycles. The van der Waals surface area contributed by atoms with Gasteiger partial charge in [-0.3, -0.25) is 0 Å². The average Bonchev–Trinajstić information content (AvgIpc) is 3.16. The molecular formula is C49H40. The molecule has 0 fully saturated rings. The van der Waals surface area contributed by atoms with E-state index in [9.17, 15) is 0 Å². The van der Waals surface area contributed by atoms with E-state index < -0.39 is 0 Å². The highest BCUT2D eigenvalue weighted by molar-refractivity contribution is 6.14. The number of benzene rings is 7. The van der Waals surface area contributed by atoms with E-state index in [1.165, 1.54) is 87.6 Å². The fraction of sp³-hybridized carbons (Fsp3) is 0.143. The van der Waals surface area contributed by atoms with Gasteiger partial charge >= 0.3 is 0 Å². The summed E-state index contributed by atoms with van der Waals surface area (Å²) < 4.78 is 0. The van der Waals surface area contributed by atoms with Crippen molar-refractivity contribution in [2.24, 2.45) is 11.8 Å². The molecule has 9 rings (SSSR count). The van der Waals surface area contributed by atoms with E-state index in [0.717, 1.165) is 6.42 Å². The van der Waals surface area contributed by atoms with Crippen molar-refractivity contribution in [3.63, 3.8) is 0 Å². The number of hydrogen-bond donors (Lipinski definition) is 0. The van der Waals surface area contributed by atoms with Gasteiger partial charge in [0.05, 0.1) is 0 Å².